The van der Waals surface area contributed by atoms with Gasteiger partial charge in [0.05, 0.1) is 13.0 Å². The van der Waals surface area contributed by atoms with Crippen LogP contribution in [0.25, 0.3) is 0 Å². The zero-order valence-corrected chi connectivity index (χ0v) is 15.5. The van der Waals surface area contributed by atoms with E-state index in [-0.39, 0.29) is 35.6 Å². The number of hydrogen-bond acceptors (Lipinski definition) is 3. The van der Waals surface area contributed by atoms with Gasteiger partial charge in [-0.3, -0.25) is 9.59 Å². The van der Waals surface area contributed by atoms with Gasteiger partial charge in [0.25, 0.3) is 0 Å². The summed E-state index contributed by atoms with van der Waals surface area (Å²) in [5, 5.41) is 0. The zero-order valence-electron chi connectivity index (χ0n) is 15.5. The lowest BCUT2D eigenvalue weighted by atomic mass is 9.86. The second-order valence-electron chi connectivity index (χ2n) is 7.59. The van der Waals surface area contributed by atoms with E-state index in [1.165, 1.54) is 0 Å². The number of carbonyl (C=O) groups is 2. The normalized spacial score (nSPS) is 19.3. The number of hydrogen-bond donors (Lipinski definition) is 0. The summed E-state index contributed by atoms with van der Waals surface area (Å²) in [7, 11) is 3.44. The summed E-state index contributed by atoms with van der Waals surface area (Å²) in [5.41, 5.74) is 0.811. The van der Waals surface area contributed by atoms with Crippen LogP contribution < -0.4 is 9.64 Å². The molecule has 5 heteroatoms. The van der Waals surface area contributed by atoms with Gasteiger partial charge in [0.15, 0.2) is 0 Å². The first-order valence-corrected chi connectivity index (χ1v) is 8.36. The molecule has 24 heavy (non-hydrogen) atoms. The predicted molar refractivity (Wildman–Crippen MR) is 95.1 cm³/mol. The van der Waals surface area contributed by atoms with E-state index in [4.69, 9.17) is 4.74 Å². The van der Waals surface area contributed by atoms with E-state index in [1.54, 1.807) is 16.9 Å². The molecule has 1 aliphatic heterocycles. The summed E-state index contributed by atoms with van der Waals surface area (Å²) in [4.78, 5) is 28.6. The van der Waals surface area contributed by atoms with Crippen LogP contribution in [0.5, 0.6) is 5.75 Å². The first-order chi connectivity index (χ1) is 11.1. The maximum absolute atomic E-state index is 12.8. The Morgan fingerprint density at radius 2 is 1.88 bits per heavy atom. The monoisotopic (exact) mass is 332 g/mol. The topological polar surface area (TPSA) is 49.9 Å². The quantitative estimate of drug-likeness (QED) is 0.852. The van der Waals surface area contributed by atoms with Crippen LogP contribution in [0.4, 0.5) is 5.69 Å². The van der Waals surface area contributed by atoms with Crippen LogP contribution in [-0.4, -0.2) is 43.5 Å². The fourth-order valence-electron chi connectivity index (χ4n) is 2.94. The first-order valence-electron chi connectivity index (χ1n) is 8.36. The van der Waals surface area contributed by atoms with Gasteiger partial charge in [-0.15, -0.1) is 0 Å². The highest BCUT2D eigenvalue weighted by Gasteiger charge is 2.38. The number of amides is 2. The van der Waals surface area contributed by atoms with E-state index < -0.39 is 0 Å². The molecule has 0 aliphatic carbocycles. The van der Waals surface area contributed by atoms with Gasteiger partial charge in [0.1, 0.15) is 5.75 Å². The molecule has 2 atom stereocenters. The fourth-order valence-corrected chi connectivity index (χ4v) is 2.94. The Labute approximate surface area is 144 Å². The van der Waals surface area contributed by atoms with Crippen molar-refractivity contribution in [2.24, 2.45) is 11.3 Å². The minimum absolute atomic E-state index is 0.00267. The Balaban J connectivity index is 2.09. The molecule has 0 saturated carbocycles. The van der Waals surface area contributed by atoms with Gasteiger partial charge in [-0.05, 0) is 36.6 Å². The molecule has 0 N–H and O–H groups in total. The highest BCUT2D eigenvalue weighted by atomic mass is 16.5. The van der Waals surface area contributed by atoms with Crippen molar-refractivity contribution < 1.29 is 14.3 Å². The van der Waals surface area contributed by atoms with Crippen molar-refractivity contribution in [2.45, 2.75) is 40.2 Å². The molecule has 0 spiro atoms. The second kappa shape index (κ2) is 6.83. The molecule has 0 radical (unpaired) electrons. The molecule has 0 aromatic heterocycles. The summed E-state index contributed by atoms with van der Waals surface area (Å²) in [5.74, 6) is 0.503. The van der Waals surface area contributed by atoms with Crippen molar-refractivity contribution in [3.63, 3.8) is 0 Å². The van der Waals surface area contributed by atoms with Crippen molar-refractivity contribution in [1.82, 2.24) is 4.90 Å². The second-order valence-corrected chi connectivity index (χ2v) is 7.59. The van der Waals surface area contributed by atoms with E-state index in [0.29, 0.717) is 6.54 Å². The number of rotatable bonds is 4. The van der Waals surface area contributed by atoms with E-state index in [9.17, 15) is 9.59 Å². The van der Waals surface area contributed by atoms with Crippen LogP contribution in [0.2, 0.25) is 0 Å². The number of ether oxygens (including phenoxy) is 1. The van der Waals surface area contributed by atoms with Crippen molar-refractivity contribution in [3.05, 3.63) is 24.3 Å². The van der Waals surface area contributed by atoms with Gasteiger partial charge in [0, 0.05) is 31.7 Å². The molecule has 0 unspecified atom stereocenters. The van der Waals surface area contributed by atoms with E-state index in [2.05, 4.69) is 27.7 Å². The van der Waals surface area contributed by atoms with E-state index >= 15 is 0 Å². The van der Waals surface area contributed by atoms with Gasteiger partial charge < -0.3 is 14.5 Å². The molecule has 1 heterocycles. The molecule has 2 rings (SSSR count). The third-order valence-electron chi connectivity index (χ3n) is 5.04. The Hall–Kier alpha value is -2.04. The minimum Gasteiger partial charge on any atom is -0.497 e. The molecule has 1 fully saturated rings. The average Bonchev–Trinajstić information content (AvgIpc) is 2.93. The lowest BCUT2D eigenvalue weighted by Crippen LogP contribution is -2.46. The Kier molecular flexibility index (Phi) is 5.21. The summed E-state index contributed by atoms with van der Waals surface area (Å²) < 4.78 is 5.14. The van der Waals surface area contributed by atoms with Gasteiger partial charge in [-0.25, -0.2) is 0 Å². The molecule has 1 saturated heterocycles. The highest BCUT2D eigenvalue weighted by Crippen LogP contribution is 2.30. The standard InChI is InChI=1S/C19H28N2O3/c1-13(19(2,3)4)20(5)18(23)14-11-17(22)21(12-14)15-7-9-16(24-6)10-8-15/h7-10,13-14H,11-12H2,1-6H3/t13-,14+/m1/s1. The summed E-state index contributed by atoms with van der Waals surface area (Å²) in [6.45, 7) is 8.84. The maximum Gasteiger partial charge on any atom is 0.228 e. The van der Waals surface area contributed by atoms with Crippen LogP contribution in [0, 0.1) is 11.3 Å². The van der Waals surface area contributed by atoms with E-state index in [1.807, 2.05) is 31.3 Å². The van der Waals surface area contributed by atoms with Crippen LogP contribution in [-0.2, 0) is 9.59 Å². The van der Waals surface area contributed by atoms with Crippen molar-refractivity contribution in [3.8, 4) is 5.75 Å². The fraction of sp³-hybridized carbons (Fsp3) is 0.579. The summed E-state index contributed by atoms with van der Waals surface area (Å²) >= 11 is 0. The molecule has 2 amide bonds. The maximum atomic E-state index is 12.8. The van der Waals surface area contributed by atoms with Crippen LogP contribution in [0.15, 0.2) is 24.3 Å². The van der Waals surface area contributed by atoms with Crippen LogP contribution in [0.3, 0.4) is 0 Å². The van der Waals surface area contributed by atoms with Crippen molar-refractivity contribution in [2.75, 3.05) is 25.6 Å². The largest absolute Gasteiger partial charge is 0.497 e. The van der Waals surface area contributed by atoms with Crippen molar-refractivity contribution >= 4 is 17.5 Å². The SMILES string of the molecule is COc1ccc(N2C[C@@H](C(=O)N(C)[C@H](C)C(C)(C)C)CC2=O)cc1. The third-order valence-corrected chi connectivity index (χ3v) is 5.04. The Morgan fingerprint density at radius 3 is 2.38 bits per heavy atom. The Morgan fingerprint density at radius 1 is 1.29 bits per heavy atom. The number of anilines is 1. The zero-order chi connectivity index (χ0) is 18.1. The predicted octanol–water partition coefficient (Wildman–Crippen LogP) is 2.94. The minimum atomic E-state index is -0.283. The number of carbonyl (C=O) groups excluding carboxylic acids is 2. The van der Waals surface area contributed by atoms with Crippen LogP contribution in [0.1, 0.15) is 34.1 Å². The van der Waals surface area contributed by atoms with Crippen molar-refractivity contribution in [1.29, 1.82) is 0 Å². The number of methoxy groups -OCH3 is 1. The summed E-state index contributed by atoms with van der Waals surface area (Å²) in [6.07, 6.45) is 0.270. The molecular formula is C19H28N2O3. The van der Waals surface area contributed by atoms with Crippen LogP contribution >= 0.6 is 0 Å². The number of benzene rings is 1. The van der Waals surface area contributed by atoms with Gasteiger partial charge in [-0.1, -0.05) is 20.8 Å². The average molecular weight is 332 g/mol. The molecule has 0 bridgehead atoms. The van der Waals surface area contributed by atoms with Gasteiger partial charge in [-0.2, -0.15) is 0 Å². The third kappa shape index (κ3) is 3.71. The highest BCUT2D eigenvalue weighted by molar-refractivity contribution is 6.00. The molecule has 1 aromatic rings. The van der Waals surface area contributed by atoms with E-state index in [0.717, 1.165) is 11.4 Å². The first kappa shape index (κ1) is 18.3. The molecule has 132 valence electrons. The molecule has 1 aliphatic rings. The summed E-state index contributed by atoms with van der Waals surface area (Å²) in [6, 6.07) is 7.46. The van der Waals surface area contributed by atoms with Gasteiger partial charge in [0.2, 0.25) is 11.8 Å². The molecule has 1 aromatic carbocycles. The molecular weight excluding hydrogens is 304 g/mol. The smallest absolute Gasteiger partial charge is 0.228 e. The lowest BCUT2D eigenvalue weighted by molar-refractivity contribution is -0.138. The number of nitrogens with zero attached hydrogens (tertiary/aromatic N) is 2. The molecule has 5 nitrogen and oxygen atoms in total. The lowest BCUT2D eigenvalue weighted by Gasteiger charge is -2.36. The van der Waals surface area contributed by atoms with Gasteiger partial charge >= 0.3 is 0 Å². The Bertz CT molecular complexity index is 604.